The summed E-state index contributed by atoms with van der Waals surface area (Å²) in [5.74, 6) is 1.19. The molecule has 2 atom stereocenters. The van der Waals surface area contributed by atoms with Crippen molar-refractivity contribution >= 4 is 29.9 Å². The van der Waals surface area contributed by atoms with Crippen molar-refractivity contribution in [2.45, 2.75) is 32.4 Å². The molecule has 8 heteroatoms. The summed E-state index contributed by atoms with van der Waals surface area (Å²) in [6, 6.07) is 7.29. The van der Waals surface area contributed by atoms with E-state index in [1.54, 1.807) is 19.2 Å². The predicted molar refractivity (Wildman–Crippen MR) is 133 cm³/mol. The maximum absolute atomic E-state index is 13.7. The summed E-state index contributed by atoms with van der Waals surface area (Å²) in [7, 11) is 5.80. The standard InChI is InChI=1S/C22H38FN5O.HI/c1-17(2)13-20(28-9-11-29-12-10-28)15-25-22(24-3)26-16-21(27(4)5)18-7-6-8-19(23)14-18;/h6-8,14,17,20-21H,9-13,15-16H2,1-5H3,(H2,24,25,26);1H. The summed E-state index contributed by atoms with van der Waals surface area (Å²) in [4.78, 5) is 8.99. The molecule has 0 bridgehead atoms. The van der Waals surface area contributed by atoms with Crippen LogP contribution in [0.1, 0.15) is 31.9 Å². The Labute approximate surface area is 198 Å². The molecule has 6 nitrogen and oxygen atoms in total. The molecule has 2 N–H and O–H groups in total. The summed E-state index contributed by atoms with van der Waals surface area (Å²) in [6.45, 7) is 9.58. The van der Waals surface area contributed by atoms with Gasteiger partial charge in [-0.2, -0.15) is 0 Å². The largest absolute Gasteiger partial charge is 0.379 e. The maximum Gasteiger partial charge on any atom is 0.191 e. The van der Waals surface area contributed by atoms with Crippen LogP contribution in [0, 0.1) is 11.7 Å². The fraction of sp³-hybridized carbons (Fsp3) is 0.682. The molecule has 1 saturated heterocycles. The van der Waals surface area contributed by atoms with Crippen molar-refractivity contribution in [3.8, 4) is 0 Å². The third-order valence-electron chi connectivity index (χ3n) is 5.35. The zero-order chi connectivity index (χ0) is 21.2. The van der Waals surface area contributed by atoms with Gasteiger partial charge in [0.2, 0.25) is 0 Å². The zero-order valence-corrected chi connectivity index (χ0v) is 21.4. The molecule has 2 rings (SSSR count). The van der Waals surface area contributed by atoms with Crippen LogP contribution in [-0.2, 0) is 4.74 Å². The van der Waals surface area contributed by atoms with Crippen LogP contribution in [0.3, 0.4) is 0 Å². The third kappa shape index (κ3) is 9.03. The second-order valence-electron chi connectivity index (χ2n) is 8.30. The van der Waals surface area contributed by atoms with E-state index < -0.39 is 0 Å². The molecule has 2 unspecified atom stereocenters. The first-order chi connectivity index (χ1) is 13.9. The number of nitrogens with one attached hydrogen (secondary N) is 2. The number of hydrogen-bond acceptors (Lipinski definition) is 4. The molecule has 0 aliphatic carbocycles. The van der Waals surface area contributed by atoms with Crippen LogP contribution in [0.15, 0.2) is 29.3 Å². The van der Waals surface area contributed by atoms with E-state index in [0.717, 1.165) is 50.8 Å². The van der Waals surface area contributed by atoms with Gasteiger partial charge in [-0.3, -0.25) is 9.89 Å². The van der Waals surface area contributed by atoms with Crippen molar-refractivity contribution in [2.24, 2.45) is 10.9 Å². The molecule has 1 aromatic rings. The maximum atomic E-state index is 13.7. The molecule has 0 saturated carbocycles. The van der Waals surface area contributed by atoms with Crippen LogP contribution < -0.4 is 10.6 Å². The number of guanidine groups is 1. The summed E-state index contributed by atoms with van der Waals surface area (Å²) < 4.78 is 19.2. The van der Waals surface area contributed by atoms with Gasteiger partial charge in [0.05, 0.1) is 19.3 Å². The van der Waals surface area contributed by atoms with Gasteiger partial charge in [-0.25, -0.2) is 4.39 Å². The van der Waals surface area contributed by atoms with Gasteiger partial charge >= 0.3 is 0 Å². The van der Waals surface area contributed by atoms with Gasteiger partial charge in [0.15, 0.2) is 5.96 Å². The first kappa shape index (κ1) is 27.1. The predicted octanol–water partition coefficient (Wildman–Crippen LogP) is 2.96. The minimum atomic E-state index is -0.209. The molecule has 30 heavy (non-hydrogen) atoms. The molecule has 0 amide bonds. The first-order valence-electron chi connectivity index (χ1n) is 10.6. The molecular formula is C22H39FIN5O. The number of nitrogens with zero attached hydrogens (tertiary/aromatic N) is 3. The number of hydrogen-bond donors (Lipinski definition) is 2. The molecule has 0 aromatic heterocycles. The van der Waals surface area contributed by atoms with E-state index in [1.165, 1.54) is 6.07 Å². The van der Waals surface area contributed by atoms with Gasteiger partial charge in [0, 0.05) is 39.3 Å². The molecule has 172 valence electrons. The van der Waals surface area contributed by atoms with Crippen molar-refractivity contribution in [1.82, 2.24) is 20.4 Å². The third-order valence-corrected chi connectivity index (χ3v) is 5.35. The van der Waals surface area contributed by atoms with Crippen LogP contribution in [0.25, 0.3) is 0 Å². The minimum Gasteiger partial charge on any atom is -0.379 e. The van der Waals surface area contributed by atoms with Crippen molar-refractivity contribution in [3.05, 3.63) is 35.6 Å². The lowest BCUT2D eigenvalue weighted by atomic mass is 10.0. The van der Waals surface area contributed by atoms with Gasteiger partial charge in [-0.1, -0.05) is 26.0 Å². The number of likely N-dealkylation sites (N-methyl/N-ethyl adjacent to an activating group) is 1. The van der Waals surface area contributed by atoms with Crippen molar-refractivity contribution in [2.75, 3.05) is 60.5 Å². The average Bonchev–Trinajstić information content (AvgIpc) is 2.69. The fourth-order valence-corrected chi connectivity index (χ4v) is 3.79. The lowest BCUT2D eigenvalue weighted by molar-refractivity contribution is 0.0132. The molecule has 1 aliphatic heterocycles. The normalized spacial score (nSPS) is 17.5. The Morgan fingerprint density at radius 3 is 2.43 bits per heavy atom. The van der Waals surface area contributed by atoms with Gasteiger partial charge in [0.1, 0.15) is 5.82 Å². The Kier molecular flexibility index (Phi) is 12.8. The van der Waals surface area contributed by atoms with E-state index in [4.69, 9.17) is 4.74 Å². The van der Waals surface area contributed by atoms with Crippen LogP contribution in [-0.4, -0.2) is 82.3 Å². The van der Waals surface area contributed by atoms with Crippen molar-refractivity contribution < 1.29 is 9.13 Å². The number of morpholine rings is 1. The Hall–Kier alpha value is -0.970. The van der Waals surface area contributed by atoms with E-state index in [9.17, 15) is 4.39 Å². The van der Waals surface area contributed by atoms with Crippen molar-refractivity contribution in [3.63, 3.8) is 0 Å². The number of benzene rings is 1. The minimum absolute atomic E-state index is 0. The molecular weight excluding hydrogens is 496 g/mol. The molecule has 1 heterocycles. The molecule has 1 aliphatic rings. The Morgan fingerprint density at radius 1 is 1.20 bits per heavy atom. The average molecular weight is 535 g/mol. The van der Waals surface area contributed by atoms with E-state index in [1.807, 2.05) is 20.2 Å². The highest BCUT2D eigenvalue weighted by Gasteiger charge is 2.22. The van der Waals surface area contributed by atoms with E-state index >= 15 is 0 Å². The number of aliphatic imine (C=N–C) groups is 1. The fourth-order valence-electron chi connectivity index (χ4n) is 3.79. The van der Waals surface area contributed by atoms with Gasteiger partial charge in [-0.05, 0) is 44.1 Å². The lowest BCUT2D eigenvalue weighted by Gasteiger charge is -2.36. The molecule has 0 radical (unpaired) electrons. The lowest BCUT2D eigenvalue weighted by Crippen LogP contribution is -2.51. The molecule has 1 fully saturated rings. The van der Waals surface area contributed by atoms with Gasteiger partial charge < -0.3 is 20.3 Å². The van der Waals surface area contributed by atoms with E-state index in [-0.39, 0.29) is 35.8 Å². The highest BCUT2D eigenvalue weighted by Crippen LogP contribution is 2.18. The summed E-state index contributed by atoms with van der Waals surface area (Å²) in [5.41, 5.74) is 0.948. The van der Waals surface area contributed by atoms with Gasteiger partial charge in [0.25, 0.3) is 0 Å². The highest BCUT2D eigenvalue weighted by atomic mass is 127. The van der Waals surface area contributed by atoms with E-state index in [2.05, 4.69) is 39.3 Å². The first-order valence-corrected chi connectivity index (χ1v) is 10.6. The number of rotatable bonds is 9. The highest BCUT2D eigenvalue weighted by molar-refractivity contribution is 14.0. The van der Waals surface area contributed by atoms with Crippen LogP contribution >= 0.6 is 24.0 Å². The Balaban J connectivity index is 0.00000450. The monoisotopic (exact) mass is 535 g/mol. The SMILES string of the molecule is CN=C(NCC(c1cccc(F)c1)N(C)C)NCC(CC(C)C)N1CCOCC1.I. The summed E-state index contributed by atoms with van der Waals surface area (Å²) >= 11 is 0. The Bertz CT molecular complexity index is 638. The topological polar surface area (TPSA) is 52.1 Å². The van der Waals surface area contributed by atoms with Crippen LogP contribution in [0.5, 0.6) is 0 Å². The van der Waals surface area contributed by atoms with E-state index in [0.29, 0.717) is 18.5 Å². The molecule has 0 spiro atoms. The smallest absolute Gasteiger partial charge is 0.191 e. The second kappa shape index (κ2) is 14.2. The molecule has 1 aromatic carbocycles. The zero-order valence-electron chi connectivity index (χ0n) is 19.0. The summed E-state index contributed by atoms with van der Waals surface area (Å²) in [5, 5.41) is 6.91. The van der Waals surface area contributed by atoms with Crippen LogP contribution in [0.2, 0.25) is 0 Å². The quantitative estimate of drug-likeness (QED) is 0.290. The van der Waals surface area contributed by atoms with Crippen LogP contribution in [0.4, 0.5) is 4.39 Å². The Morgan fingerprint density at radius 2 is 1.87 bits per heavy atom. The number of halogens is 2. The second-order valence-corrected chi connectivity index (χ2v) is 8.30. The number of ether oxygens (including phenoxy) is 1. The van der Waals surface area contributed by atoms with Gasteiger partial charge in [-0.15, -0.1) is 24.0 Å². The summed E-state index contributed by atoms with van der Waals surface area (Å²) in [6.07, 6.45) is 1.13. The van der Waals surface area contributed by atoms with Crippen molar-refractivity contribution in [1.29, 1.82) is 0 Å².